The molecule has 1 aliphatic rings. The highest BCUT2D eigenvalue weighted by Gasteiger charge is 2.20. The van der Waals surface area contributed by atoms with E-state index in [1.165, 1.54) is 32.8 Å². The number of methoxy groups -OCH3 is 1. The summed E-state index contributed by atoms with van der Waals surface area (Å²) in [4.78, 5) is 6.77. The summed E-state index contributed by atoms with van der Waals surface area (Å²) in [5.74, 6) is 0.978. The van der Waals surface area contributed by atoms with Crippen molar-refractivity contribution in [3.05, 3.63) is 23.8 Å². The van der Waals surface area contributed by atoms with Gasteiger partial charge in [0.1, 0.15) is 0 Å². The number of alkyl halides is 2. The van der Waals surface area contributed by atoms with Crippen LogP contribution < -0.4 is 20.1 Å². The quantitative estimate of drug-likeness (QED) is 0.494. The highest BCUT2D eigenvalue weighted by Crippen LogP contribution is 2.29. The van der Waals surface area contributed by atoms with Crippen LogP contribution >= 0.6 is 0 Å². The van der Waals surface area contributed by atoms with Gasteiger partial charge in [-0.3, -0.25) is 9.89 Å². The number of ether oxygens (including phenoxy) is 2. The van der Waals surface area contributed by atoms with Crippen LogP contribution in [-0.2, 0) is 6.54 Å². The number of hydrogen-bond acceptors (Lipinski definition) is 4. The third-order valence-corrected chi connectivity index (χ3v) is 5.04. The lowest BCUT2D eigenvalue weighted by atomic mass is 10.0. The average Bonchev–Trinajstić information content (AvgIpc) is 2.70. The van der Waals surface area contributed by atoms with Crippen LogP contribution in [-0.4, -0.2) is 57.3 Å². The van der Waals surface area contributed by atoms with Gasteiger partial charge in [0.05, 0.1) is 7.11 Å². The van der Waals surface area contributed by atoms with Crippen molar-refractivity contribution in [1.82, 2.24) is 15.5 Å². The summed E-state index contributed by atoms with van der Waals surface area (Å²) in [5.41, 5.74) is 0.793. The molecule has 2 rings (SSSR count). The third kappa shape index (κ3) is 6.82. The first-order valence-corrected chi connectivity index (χ1v) is 9.87. The number of likely N-dealkylation sites (tertiary alicyclic amines) is 1. The van der Waals surface area contributed by atoms with E-state index >= 15 is 0 Å². The van der Waals surface area contributed by atoms with E-state index in [4.69, 9.17) is 4.74 Å². The molecule has 1 heterocycles. The van der Waals surface area contributed by atoms with Crippen LogP contribution in [0.4, 0.5) is 8.78 Å². The second-order valence-corrected chi connectivity index (χ2v) is 6.81. The molecule has 6 nitrogen and oxygen atoms in total. The number of guanidine groups is 1. The average molecular weight is 398 g/mol. The Morgan fingerprint density at radius 2 is 2.11 bits per heavy atom. The van der Waals surface area contributed by atoms with Crippen molar-refractivity contribution >= 4 is 5.96 Å². The van der Waals surface area contributed by atoms with Gasteiger partial charge in [0.25, 0.3) is 0 Å². The summed E-state index contributed by atoms with van der Waals surface area (Å²) in [6, 6.07) is 5.65. The zero-order chi connectivity index (χ0) is 20.4. The van der Waals surface area contributed by atoms with Crippen LogP contribution in [0.15, 0.2) is 23.2 Å². The fourth-order valence-corrected chi connectivity index (χ4v) is 3.56. The van der Waals surface area contributed by atoms with E-state index in [9.17, 15) is 8.78 Å². The minimum atomic E-state index is -2.90. The highest BCUT2D eigenvalue weighted by molar-refractivity contribution is 5.79. The Kier molecular flexibility index (Phi) is 9.27. The van der Waals surface area contributed by atoms with Gasteiger partial charge in [0.2, 0.25) is 0 Å². The third-order valence-electron chi connectivity index (χ3n) is 5.04. The molecule has 0 saturated carbocycles. The summed E-state index contributed by atoms with van der Waals surface area (Å²) in [5, 5.41) is 6.53. The minimum absolute atomic E-state index is 0.0236. The van der Waals surface area contributed by atoms with E-state index in [1.807, 2.05) is 0 Å². The van der Waals surface area contributed by atoms with Crippen molar-refractivity contribution in [1.29, 1.82) is 0 Å². The lowest BCUT2D eigenvalue weighted by molar-refractivity contribution is -0.0512. The molecule has 28 heavy (non-hydrogen) atoms. The molecule has 1 aliphatic heterocycles. The van der Waals surface area contributed by atoms with Crippen molar-refractivity contribution in [2.45, 2.75) is 51.8 Å². The fourth-order valence-electron chi connectivity index (χ4n) is 3.56. The number of hydrogen-bond donors (Lipinski definition) is 2. The molecule has 1 fully saturated rings. The van der Waals surface area contributed by atoms with Gasteiger partial charge in [-0.05, 0) is 43.5 Å². The number of nitrogens with zero attached hydrogens (tertiary/aromatic N) is 2. The molecule has 158 valence electrons. The second-order valence-electron chi connectivity index (χ2n) is 6.81. The number of aliphatic imine (C=N–C) groups is 1. The van der Waals surface area contributed by atoms with E-state index in [1.54, 1.807) is 25.2 Å². The Hall–Kier alpha value is -2.09. The van der Waals surface area contributed by atoms with Crippen LogP contribution in [0.25, 0.3) is 0 Å². The standard InChI is InChI=1S/C20H32F2N4O2/c1-4-16-7-5-6-11-26(16)12-10-24-20(23-2)25-14-15-8-9-17(27-3)18(13-15)28-19(21)22/h8-9,13,16,19H,4-7,10-12,14H2,1-3H3,(H2,23,24,25). The van der Waals surface area contributed by atoms with Gasteiger partial charge in [-0.2, -0.15) is 8.78 Å². The van der Waals surface area contributed by atoms with Crippen LogP contribution in [0.3, 0.4) is 0 Å². The summed E-state index contributed by atoms with van der Waals surface area (Å²) >= 11 is 0. The lowest BCUT2D eigenvalue weighted by Gasteiger charge is -2.35. The molecule has 0 spiro atoms. The maximum atomic E-state index is 12.6. The largest absolute Gasteiger partial charge is 0.493 e. The number of rotatable bonds is 9. The normalized spacial score (nSPS) is 18.2. The zero-order valence-corrected chi connectivity index (χ0v) is 17.0. The van der Waals surface area contributed by atoms with E-state index in [2.05, 4.69) is 32.2 Å². The first-order chi connectivity index (χ1) is 13.6. The number of halogens is 2. The van der Waals surface area contributed by atoms with Gasteiger partial charge in [-0.1, -0.05) is 19.4 Å². The molecular formula is C20H32F2N4O2. The Morgan fingerprint density at radius 1 is 1.29 bits per heavy atom. The number of benzene rings is 1. The van der Waals surface area contributed by atoms with Crippen molar-refractivity contribution in [2.75, 3.05) is 33.8 Å². The topological polar surface area (TPSA) is 58.1 Å². The molecule has 0 aliphatic carbocycles. The van der Waals surface area contributed by atoms with Crippen LogP contribution in [0.5, 0.6) is 11.5 Å². The second kappa shape index (κ2) is 11.7. The Balaban J connectivity index is 1.83. The Labute approximate surface area is 166 Å². The van der Waals surface area contributed by atoms with Crippen LogP contribution in [0.2, 0.25) is 0 Å². The highest BCUT2D eigenvalue weighted by atomic mass is 19.3. The summed E-state index contributed by atoms with van der Waals surface area (Å²) in [7, 11) is 3.13. The molecule has 0 radical (unpaired) electrons. The lowest BCUT2D eigenvalue weighted by Crippen LogP contribution is -2.45. The number of nitrogens with one attached hydrogen (secondary N) is 2. The maximum absolute atomic E-state index is 12.6. The van der Waals surface area contributed by atoms with E-state index in [0.29, 0.717) is 18.5 Å². The summed E-state index contributed by atoms with van der Waals surface area (Å²) < 4.78 is 34.7. The van der Waals surface area contributed by atoms with E-state index in [0.717, 1.165) is 25.2 Å². The SMILES string of the molecule is CCC1CCCCN1CCNC(=NC)NCc1ccc(OC)c(OC(F)F)c1. The molecule has 2 N–H and O–H groups in total. The summed E-state index contributed by atoms with van der Waals surface area (Å²) in [6.45, 7) is 2.73. The van der Waals surface area contributed by atoms with E-state index < -0.39 is 6.61 Å². The van der Waals surface area contributed by atoms with Crippen molar-refractivity contribution < 1.29 is 18.3 Å². The minimum Gasteiger partial charge on any atom is -0.493 e. The molecule has 1 atom stereocenters. The van der Waals surface area contributed by atoms with E-state index in [-0.39, 0.29) is 11.5 Å². The Bertz CT molecular complexity index is 628. The first kappa shape index (κ1) is 22.2. The van der Waals surface area contributed by atoms with Gasteiger partial charge >= 0.3 is 6.61 Å². The number of piperidine rings is 1. The molecule has 8 heteroatoms. The molecule has 1 aromatic rings. The predicted octanol–water partition coefficient (Wildman–Crippen LogP) is 3.23. The monoisotopic (exact) mass is 398 g/mol. The molecule has 0 aromatic heterocycles. The first-order valence-electron chi connectivity index (χ1n) is 9.87. The molecular weight excluding hydrogens is 366 g/mol. The zero-order valence-electron chi connectivity index (χ0n) is 17.0. The molecule has 1 unspecified atom stereocenters. The van der Waals surface area contributed by atoms with Gasteiger partial charge in [0, 0.05) is 32.7 Å². The molecule has 1 aromatic carbocycles. The fraction of sp³-hybridized carbons (Fsp3) is 0.650. The van der Waals surface area contributed by atoms with Crippen molar-refractivity contribution in [2.24, 2.45) is 4.99 Å². The molecule has 0 bridgehead atoms. The van der Waals surface area contributed by atoms with Crippen LogP contribution in [0, 0.1) is 0 Å². The van der Waals surface area contributed by atoms with Gasteiger partial charge in [-0.15, -0.1) is 0 Å². The van der Waals surface area contributed by atoms with Crippen molar-refractivity contribution in [3.8, 4) is 11.5 Å². The predicted molar refractivity (Wildman–Crippen MR) is 107 cm³/mol. The molecule has 0 amide bonds. The van der Waals surface area contributed by atoms with Gasteiger partial charge in [0.15, 0.2) is 17.5 Å². The van der Waals surface area contributed by atoms with Gasteiger partial charge < -0.3 is 20.1 Å². The van der Waals surface area contributed by atoms with Crippen molar-refractivity contribution in [3.63, 3.8) is 0 Å². The smallest absolute Gasteiger partial charge is 0.387 e. The summed E-state index contributed by atoms with van der Waals surface area (Å²) in [6.07, 6.45) is 5.06. The maximum Gasteiger partial charge on any atom is 0.387 e. The Morgan fingerprint density at radius 3 is 2.79 bits per heavy atom. The van der Waals surface area contributed by atoms with Crippen LogP contribution in [0.1, 0.15) is 38.2 Å². The molecule has 1 saturated heterocycles. The van der Waals surface area contributed by atoms with Gasteiger partial charge in [-0.25, -0.2) is 0 Å².